The molecule has 0 saturated carbocycles. The number of para-hydroxylation sites is 1. The van der Waals surface area contributed by atoms with E-state index in [2.05, 4.69) is 216 Å². The summed E-state index contributed by atoms with van der Waals surface area (Å²) in [7, 11) is 0. The van der Waals surface area contributed by atoms with Gasteiger partial charge in [0.2, 0.25) is 0 Å². The highest BCUT2D eigenvalue weighted by Crippen LogP contribution is 2.53. The number of hydrogen-bond donors (Lipinski definition) is 0. The molecule has 0 radical (unpaired) electrons. The zero-order valence-corrected chi connectivity index (χ0v) is 31.7. The van der Waals surface area contributed by atoms with Crippen molar-refractivity contribution in [3.8, 4) is 50.3 Å². The van der Waals surface area contributed by atoms with Crippen LogP contribution in [0.2, 0.25) is 0 Å². The van der Waals surface area contributed by atoms with Gasteiger partial charge in [0.05, 0.1) is 11.2 Å². The fourth-order valence-electron chi connectivity index (χ4n) is 9.13. The van der Waals surface area contributed by atoms with Crippen molar-refractivity contribution in [3.05, 3.63) is 206 Å². The van der Waals surface area contributed by atoms with Crippen molar-refractivity contribution >= 4 is 70.2 Å². The summed E-state index contributed by atoms with van der Waals surface area (Å²) in [6.45, 7) is 0. The molecule has 11 aromatic rings. The van der Waals surface area contributed by atoms with Crippen LogP contribution in [0, 0.1) is 0 Å². The minimum Gasteiger partial charge on any atom is -0.310 e. The summed E-state index contributed by atoms with van der Waals surface area (Å²) < 4.78 is 5.06. The summed E-state index contributed by atoms with van der Waals surface area (Å²) in [5.41, 5.74) is 15.8. The highest BCUT2D eigenvalue weighted by molar-refractivity contribution is 7.25. The van der Waals surface area contributed by atoms with Crippen LogP contribution in [-0.4, -0.2) is 4.57 Å². The molecule has 0 fully saturated rings. The molecule has 2 heterocycles. The lowest BCUT2D eigenvalue weighted by Gasteiger charge is -2.26. The molecule has 0 amide bonds. The summed E-state index contributed by atoms with van der Waals surface area (Å²) in [5.74, 6) is 0. The van der Waals surface area contributed by atoms with Gasteiger partial charge in [-0.05, 0) is 105 Å². The SMILES string of the molecule is c1ccc(-c2ccc(N(c3ccc(-c4ccc5c(c4)c4c(n5-c5ccccc5)-c5cccc6cccc-4c56)cc3)c3ccc4c(c3)sc3ccccc34)cc2)cc1. The molecule has 0 saturated heterocycles. The van der Waals surface area contributed by atoms with Crippen LogP contribution in [0.4, 0.5) is 17.1 Å². The maximum Gasteiger partial charge on any atom is 0.0626 e. The van der Waals surface area contributed by atoms with Crippen molar-refractivity contribution in [2.24, 2.45) is 0 Å². The highest BCUT2D eigenvalue weighted by atomic mass is 32.1. The van der Waals surface area contributed by atoms with E-state index < -0.39 is 0 Å². The Balaban J connectivity index is 0.984. The second-order valence-corrected chi connectivity index (χ2v) is 16.0. The van der Waals surface area contributed by atoms with E-state index in [0.29, 0.717) is 0 Å². The van der Waals surface area contributed by atoms with Gasteiger partial charge >= 0.3 is 0 Å². The van der Waals surface area contributed by atoms with Gasteiger partial charge in [-0.25, -0.2) is 0 Å². The van der Waals surface area contributed by atoms with Crippen molar-refractivity contribution < 1.29 is 0 Å². The zero-order valence-electron chi connectivity index (χ0n) is 30.9. The van der Waals surface area contributed by atoms with E-state index in [-0.39, 0.29) is 0 Å². The molecule has 3 heteroatoms. The monoisotopic (exact) mass is 742 g/mol. The summed E-state index contributed by atoms with van der Waals surface area (Å²) in [6.07, 6.45) is 0. The van der Waals surface area contributed by atoms with Gasteiger partial charge in [0.15, 0.2) is 0 Å². The minimum absolute atomic E-state index is 1.12. The number of aromatic nitrogens is 1. The molecular weight excluding hydrogens is 709 g/mol. The van der Waals surface area contributed by atoms with Crippen molar-refractivity contribution in [2.75, 3.05) is 4.90 Å². The topological polar surface area (TPSA) is 8.17 Å². The number of anilines is 3. The van der Waals surface area contributed by atoms with E-state index >= 15 is 0 Å². The standard InChI is InChI=1S/C54H34N2S/c1-3-11-35(12-4-1)36-21-26-41(27-22-36)55(43-30-31-45-44-17-7-8-20-50(44)57-51(45)34-43)42-28-23-37(24-29-42)39-25-32-49-48(33-39)53-46-18-9-13-38-14-10-19-47(52(38)46)54(53)56(49)40-15-5-2-6-16-40/h1-34H. The molecule has 0 aliphatic heterocycles. The fraction of sp³-hybridized carbons (Fsp3) is 0. The Labute approximate surface area is 334 Å². The molecule has 0 unspecified atom stereocenters. The molecule has 0 atom stereocenters. The average molecular weight is 743 g/mol. The third kappa shape index (κ3) is 5.03. The quantitative estimate of drug-likeness (QED) is 0.165. The smallest absolute Gasteiger partial charge is 0.0626 e. The first-order valence-electron chi connectivity index (χ1n) is 19.5. The molecule has 12 rings (SSSR count). The maximum atomic E-state index is 2.46. The summed E-state index contributed by atoms with van der Waals surface area (Å²) >= 11 is 1.86. The Morgan fingerprint density at radius 3 is 1.74 bits per heavy atom. The lowest BCUT2D eigenvalue weighted by molar-refractivity contribution is 1.14. The van der Waals surface area contributed by atoms with Crippen LogP contribution < -0.4 is 4.90 Å². The number of thiophene rings is 1. The van der Waals surface area contributed by atoms with E-state index in [1.165, 1.54) is 92.2 Å². The van der Waals surface area contributed by atoms with Crippen LogP contribution in [0.5, 0.6) is 0 Å². The molecule has 0 N–H and O–H groups in total. The van der Waals surface area contributed by atoms with Gasteiger partial charge in [0.1, 0.15) is 0 Å². The molecule has 9 aromatic carbocycles. The van der Waals surface area contributed by atoms with Crippen LogP contribution in [0.1, 0.15) is 0 Å². The number of fused-ring (bicyclic) bond motifs is 8. The van der Waals surface area contributed by atoms with E-state index in [1.807, 2.05) is 11.3 Å². The van der Waals surface area contributed by atoms with Gasteiger partial charge in [-0.15, -0.1) is 11.3 Å². The molecular formula is C54H34N2S. The molecule has 0 bridgehead atoms. The van der Waals surface area contributed by atoms with Crippen molar-refractivity contribution in [1.29, 1.82) is 0 Å². The summed E-state index contributed by atoms with van der Waals surface area (Å²) in [6, 6.07) is 75.5. The molecule has 2 nitrogen and oxygen atoms in total. The predicted molar refractivity (Wildman–Crippen MR) is 244 cm³/mol. The molecule has 1 aliphatic rings. The molecule has 57 heavy (non-hydrogen) atoms. The maximum absolute atomic E-state index is 2.46. The largest absolute Gasteiger partial charge is 0.310 e. The van der Waals surface area contributed by atoms with E-state index in [0.717, 1.165) is 17.1 Å². The Morgan fingerprint density at radius 2 is 0.982 bits per heavy atom. The molecule has 1 aliphatic carbocycles. The first-order chi connectivity index (χ1) is 28.3. The van der Waals surface area contributed by atoms with E-state index in [4.69, 9.17) is 0 Å². The van der Waals surface area contributed by atoms with Crippen molar-refractivity contribution in [2.45, 2.75) is 0 Å². The summed E-state index contributed by atoms with van der Waals surface area (Å²) in [5, 5.41) is 6.52. The van der Waals surface area contributed by atoms with Crippen LogP contribution in [0.25, 0.3) is 92.2 Å². The highest BCUT2D eigenvalue weighted by Gasteiger charge is 2.29. The fourth-order valence-corrected chi connectivity index (χ4v) is 10.3. The van der Waals surface area contributed by atoms with Gasteiger partial charge in [-0.3, -0.25) is 0 Å². The Bertz CT molecular complexity index is 3310. The summed E-state index contributed by atoms with van der Waals surface area (Å²) in [4.78, 5) is 2.39. The normalized spacial score (nSPS) is 11.9. The third-order valence-corrected chi connectivity index (χ3v) is 12.9. The predicted octanol–water partition coefficient (Wildman–Crippen LogP) is 15.6. The van der Waals surface area contributed by atoms with Crippen LogP contribution in [0.3, 0.4) is 0 Å². The number of benzene rings is 9. The van der Waals surface area contributed by atoms with E-state index in [9.17, 15) is 0 Å². The van der Waals surface area contributed by atoms with Crippen LogP contribution in [-0.2, 0) is 0 Å². The Morgan fingerprint density at radius 1 is 0.386 bits per heavy atom. The first kappa shape index (κ1) is 32.1. The molecule has 2 aromatic heterocycles. The number of nitrogens with zero attached hydrogens (tertiary/aromatic N) is 2. The number of rotatable bonds is 6. The average Bonchev–Trinajstić information content (AvgIpc) is 3.93. The lowest BCUT2D eigenvalue weighted by Crippen LogP contribution is -2.09. The third-order valence-electron chi connectivity index (χ3n) is 11.7. The second-order valence-electron chi connectivity index (χ2n) is 14.9. The van der Waals surface area contributed by atoms with Gasteiger partial charge in [-0.1, -0.05) is 140 Å². The molecule has 0 spiro atoms. The lowest BCUT2D eigenvalue weighted by atomic mass is 9.98. The Hall–Kier alpha value is -7.20. The zero-order chi connectivity index (χ0) is 37.5. The number of hydrogen-bond acceptors (Lipinski definition) is 2. The molecule has 266 valence electrons. The minimum atomic E-state index is 1.12. The van der Waals surface area contributed by atoms with Gasteiger partial charge in [0.25, 0.3) is 0 Å². The van der Waals surface area contributed by atoms with Crippen molar-refractivity contribution in [1.82, 2.24) is 4.57 Å². The Kier molecular flexibility index (Phi) is 7.13. The van der Waals surface area contributed by atoms with E-state index in [1.54, 1.807) is 0 Å². The first-order valence-corrected chi connectivity index (χ1v) is 20.3. The van der Waals surface area contributed by atoms with Crippen molar-refractivity contribution in [3.63, 3.8) is 0 Å². The van der Waals surface area contributed by atoms with Gasteiger partial charge < -0.3 is 9.47 Å². The van der Waals surface area contributed by atoms with Gasteiger partial charge in [-0.2, -0.15) is 0 Å². The van der Waals surface area contributed by atoms with Gasteiger partial charge in [0, 0.05) is 59.4 Å². The van der Waals surface area contributed by atoms with Crippen LogP contribution >= 0.6 is 11.3 Å². The van der Waals surface area contributed by atoms with Crippen LogP contribution in [0.15, 0.2) is 206 Å². The second kappa shape index (κ2) is 12.7.